The zero-order valence-electron chi connectivity index (χ0n) is 19.8. The van der Waals surface area contributed by atoms with Crippen LogP contribution in [0, 0.1) is 0 Å². The van der Waals surface area contributed by atoms with E-state index in [2.05, 4.69) is 10.6 Å². The van der Waals surface area contributed by atoms with Gasteiger partial charge in [0.25, 0.3) is 11.8 Å². The summed E-state index contributed by atoms with van der Waals surface area (Å²) in [4.78, 5) is 50.7. The third kappa shape index (κ3) is 8.86. The standard InChI is InChI=1S/C25H30ClN3O5/c1-25(2,3)28-21(30)15-29(4)22(31)16-34-23(32)14-20(17-10-6-5-7-11-17)27-24(33)18-12-8-9-13-19(18)26/h5-13,20H,14-16H2,1-4H3,(H,27,33)(H,28,30). The third-order valence-electron chi connectivity index (χ3n) is 4.67. The van der Waals surface area contributed by atoms with Crippen molar-refractivity contribution in [2.75, 3.05) is 20.2 Å². The van der Waals surface area contributed by atoms with Gasteiger partial charge in [0.1, 0.15) is 0 Å². The molecule has 0 aliphatic rings. The van der Waals surface area contributed by atoms with Gasteiger partial charge in [-0.15, -0.1) is 0 Å². The molecule has 9 heteroatoms. The summed E-state index contributed by atoms with van der Waals surface area (Å²) in [6.07, 6.45) is -0.193. The first-order chi connectivity index (χ1) is 16.0. The maximum Gasteiger partial charge on any atom is 0.308 e. The van der Waals surface area contributed by atoms with E-state index in [0.717, 1.165) is 0 Å². The lowest BCUT2D eigenvalue weighted by atomic mass is 10.0. The molecule has 2 aromatic carbocycles. The van der Waals surface area contributed by atoms with Crippen molar-refractivity contribution in [3.05, 3.63) is 70.7 Å². The zero-order valence-corrected chi connectivity index (χ0v) is 20.5. The van der Waals surface area contributed by atoms with Crippen LogP contribution in [0.15, 0.2) is 54.6 Å². The third-order valence-corrected chi connectivity index (χ3v) is 5.00. The van der Waals surface area contributed by atoms with Crippen molar-refractivity contribution in [2.24, 2.45) is 0 Å². The highest BCUT2D eigenvalue weighted by molar-refractivity contribution is 6.33. The molecule has 0 saturated heterocycles. The van der Waals surface area contributed by atoms with E-state index in [-0.39, 0.29) is 24.4 Å². The van der Waals surface area contributed by atoms with Gasteiger partial charge in [0.2, 0.25) is 5.91 Å². The molecule has 182 valence electrons. The second-order valence-electron chi connectivity index (χ2n) is 8.83. The number of carbonyl (C=O) groups excluding carboxylic acids is 4. The van der Waals surface area contributed by atoms with E-state index in [4.69, 9.17) is 16.3 Å². The normalized spacial score (nSPS) is 11.8. The fourth-order valence-corrected chi connectivity index (χ4v) is 3.28. The Morgan fingerprint density at radius 1 is 1.00 bits per heavy atom. The second kappa shape index (κ2) is 12.2. The number of likely N-dealkylation sites (N-methyl/N-ethyl adjacent to an activating group) is 1. The van der Waals surface area contributed by atoms with Crippen molar-refractivity contribution < 1.29 is 23.9 Å². The molecular formula is C25H30ClN3O5. The van der Waals surface area contributed by atoms with Gasteiger partial charge in [0, 0.05) is 12.6 Å². The van der Waals surface area contributed by atoms with Crippen LogP contribution in [0.1, 0.15) is 49.2 Å². The maximum absolute atomic E-state index is 12.7. The highest BCUT2D eigenvalue weighted by Crippen LogP contribution is 2.20. The van der Waals surface area contributed by atoms with E-state index in [0.29, 0.717) is 10.6 Å². The summed E-state index contributed by atoms with van der Waals surface area (Å²) >= 11 is 6.12. The van der Waals surface area contributed by atoms with Crippen molar-refractivity contribution in [1.29, 1.82) is 0 Å². The van der Waals surface area contributed by atoms with Crippen molar-refractivity contribution in [1.82, 2.24) is 15.5 Å². The first-order valence-corrected chi connectivity index (χ1v) is 11.1. The number of ether oxygens (including phenoxy) is 1. The Kier molecular flexibility index (Phi) is 9.62. The molecule has 0 heterocycles. The van der Waals surface area contributed by atoms with Crippen LogP contribution in [0.4, 0.5) is 0 Å². The smallest absolute Gasteiger partial charge is 0.308 e. The number of hydrogen-bond acceptors (Lipinski definition) is 5. The van der Waals surface area contributed by atoms with Crippen molar-refractivity contribution in [3.8, 4) is 0 Å². The summed E-state index contributed by atoms with van der Waals surface area (Å²) in [5.74, 6) is -1.95. The number of halogens is 1. The van der Waals surface area contributed by atoms with Crippen molar-refractivity contribution >= 4 is 35.3 Å². The Bertz CT molecular complexity index is 1020. The minimum atomic E-state index is -0.692. The predicted octanol–water partition coefficient (Wildman–Crippen LogP) is 3.12. The minimum Gasteiger partial charge on any atom is -0.455 e. The molecule has 2 rings (SSSR count). The quantitative estimate of drug-likeness (QED) is 0.529. The van der Waals surface area contributed by atoms with Crippen LogP contribution in [-0.2, 0) is 19.1 Å². The average molecular weight is 488 g/mol. The summed E-state index contributed by atoms with van der Waals surface area (Å²) in [5, 5.41) is 5.86. The molecule has 0 aliphatic heterocycles. The molecular weight excluding hydrogens is 458 g/mol. The monoisotopic (exact) mass is 487 g/mol. The number of benzene rings is 2. The number of hydrogen-bond donors (Lipinski definition) is 2. The van der Waals surface area contributed by atoms with E-state index in [1.165, 1.54) is 11.9 Å². The van der Waals surface area contributed by atoms with Gasteiger partial charge in [0.15, 0.2) is 6.61 Å². The van der Waals surface area contributed by atoms with Crippen LogP contribution in [0.2, 0.25) is 5.02 Å². The lowest BCUT2D eigenvalue weighted by molar-refractivity contribution is -0.152. The van der Waals surface area contributed by atoms with Gasteiger partial charge in [-0.05, 0) is 38.5 Å². The Morgan fingerprint density at radius 2 is 1.62 bits per heavy atom. The Hall–Kier alpha value is -3.39. The van der Waals surface area contributed by atoms with Crippen LogP contribution in [0.25, 0.3) is 0 Å². The van der Waals surface area contributed by atoms with Gasteiger partial charge < -0.3 is 20.3 Å². The molecule has 1 unspecified atom stereocenters. The lowest BCUT2D eigenvalue weighted by Gasteiger charge is -2.23. The molecule has 2 aromatic rings. The molecule has 3 amide bonds. The number of amides is 3. The minimum absolute atomic E-state index is 0.159. The molecule has 0 bridgehead atoms. The van der Waals surface area contributed by atoms with Crippen LogP contribution in [-0.4, -0.2) is 54.3 Å². The van der Waals surface area contributed by atoms with Crippen LogP contribution >= 0.6 is 11.6 Å². The molecule has 8 nitrogen and oxygen atoms in total. The van der Waals surface area contributed by atoms with Gasteiger partial charge in [-0.2, -0.15) is 0 Å². The summed E-state index contributed by atoms with van der Waals surface area (Å²) in [6.45, 7) is 4.83. The summed E-state index contributed by atoms with van der Waals surface area (Å²) in [6, 6.07) is 14.8. The number of rotatable bonds is 9. The first kappa shape index (κ1) is 26.9. The van der Waals surface area contributed by atoms with Crippen molar-refractivity contribution in [3.63, 3.8) is 0 Å². The van der Waals surface area contributed by atoms with E-state index in [1.807, 2.05) is 26.8 Å². The largest absolute Gasteiger partial charge is 0.455 e. The van der Waals surface area contributed by atoms with E-state index >= 15 is 0 Å². The lowest BCUT2D eigenvalue weighted by Crippen LogP contribution is -2.47. The number of esters is 1. The Morgan fingerprint density at radius 3 is 2.24 bits per heavy atom. The Labute approximate surface area is 204 Å². The highest BCUT2D eigenvalue weighted by atomic mass is 35.5. The molecule has 0 saturated carbocycles. The number of nitrogens with zero attached hydrogens (tertiary/aromatic N) is 1. The number of carbonyl (C=O) groups is 4. The average Bonchev–Trinajstić information content (AvgIpc) is 2.76. The van der Waals surface area contributed by atoms with Gasteiger partial charge in [-0.25, -0.2) is 0 Å². The summed E-state index contributed by atoms with van der Waals surface area (Å²) in [7, 11) is 1.45. The zero-order chi connectivity index (χ0) is 25.3. The second-order valence-corrected chi connectivity index (χ2v) is 9.24. The molecule has 0 spiro atoms. The fourth-order valence-electron chi connectivity index (χ4n) is 3.06. The first-order valence-electron chi connectivity index (χ1n) is 10.8. The summed E-state index contributed by atoms with van der Waals surface area (Å²) < 4.78 is 5.13. The SMILES string of the molecule is CN(CC(=O)NC(C)(C)C)C(=O)COC(=O)CC(NC(=O)c1ccccc1Cl)c1ccccc1. The van der Waals surface area contributed by atoms with Gasteiger partial charge in [-0.1, -0.05) is 54.1 Å². The molecule has 0 aliphatic carbocycles. The molecule has 34 heavy (non-hydrogen) atoms. The highest BCUT2D eigenvalue weighted by Gasteiger charge is 2.23. The molecule has 2 N–H and O–H groups in total. The summed E-state index contributed by atoms with van der Waals surface area (Å²) in [5.41, 5.74) is 0.555. The maximum atomic E-state index is 12.7. The van der Waals surface area contributed by atoms with Crippen LogP contribution in [0.3, 0.4) is 0 Å². The van der Waals surface area contributed by atoms with E-state index in [9.17, 15) is 19.2 Å². The van der Waals surface area contributed by atoms with E-state index in [1.54, 1.807) is 48.5 Å². The predicted molar refractivity (Wildman–Crippen MR) is 129 cm³/mol. The van der Waals surface area contributed by atoms with Gasteiger partial charge in [-0.3, -0.25) is 19.2 Å². The van der Waals surface area contributed by atoms with Crippen LogP contribution < -0.4 is 10.6 Å². The van der Waals surface area contributed by atoms with Crippen molar-refractivity contribution in [2.45, 2.75) is 38.8 Å². The Balaban J connectivity index is 1.97. The van der Waals surface area contributed by atoms with Gasteiger partial charge >= 0.3 is 5.97 Å². The fraction of sp³-hybridized carbons (Fsp3) is 0.360. The number of nitrogens with one attached hydrogen (secondary N) is 2. The molecule has 0 radical (unpaired) electrons. The molecule has 0 fully saturated rings. The van der Waals surface area contributed by atoms with Crippen LogP contribution in [0.5, 0.6) is 0 Å². The van der Waals surface area contributed by atoms with E-state index < -0.39 is 36.0 Å². The molecule has 0 aromatic heterocycles. The molecule has 1 atom stereocenters. The van der Waals surface area contributed by atoms with Gasteiger partial charge in [0.05, 0.1) is 29.6 Å². The topological polar surface area (TPSA) is 105 Å².